The van der Waals surface area contributed by atoms with E-state index < -0.39 is 15.2 Å². The van der Waals surface area contributed by atoms with Crippen LogP contribution in [-0.4, -0.2) is 20.8 Å². The van der Waals surface area contributed by atoms with Crippen molar-refractivity contribution >= 4 is 69.8 Å². The summed E-state index contributed by atoms with van der Waals surface area (Å²) in [5.41, 5.74) is 4.39. The van der Waals surface area contributed by atoms with Gasteiger partial charge in [-0.05, 0) is 86.0 Å². The summed E-state index contributed by atoms with van der Waals surface area (Å²) in [4.78, 5) is 4.61. The predicted molar refractivity (Wildman–Crippen MR) is 192 cm³/mol. The van der Waals surface area contributed by atoms with Crippen LogP contribution in [0.4, 0.5) is 31.5 Å². The summed E-state index contributed by atoms with van der Waals surface area (Å²) in [6.07, 6.45) is 0. The zero-order chi connectivity index (χ0) is 31.1. The number of anilines is 4. The average molecular weight is 630 g/mol. The molecule has 0 unspecified atom stereocenters. The number of nitrogens with zero attached hydrogens (tertiary/aromatic N) is 2. The molecule has 1 heterocycles. The van der Waals surface area contributed by atoms with Crippen molar-refractivity contribution < 1.29 is 8.78 Å². The van der Waals surface area contributed by atoms with Crippen LogP contribution in [0.2, 0.25) is 0 Å². The van der Waals surface area contributed by atoms with Gasteiger partial charge >= 0.3 is 0 Å². The van der Waals surface area contributed by atoms with E-state index in [-0.39, 0.29) is 11.6 Å². The Morgan fingerprint density at radius 3 is 1.31 bits per heavy atom. The molecule has 6 aromatic rings. The van der Waals surface area contributed by atoms with E-state index in [1.54, 1.807) is 24.3 Å². The van der Waals surface area contributed by atoms with E-state index in [1.807, 2.05) is 24.3 Å². The van der Waals surface area contributed by atoms with Crippen molar-refractivity contribution in [1.29, 1.82) is 0 Å². The van der Waals surface area contributed by atoms with Gasteiger partial charge in [-0.2, -0.15) is 0 Å². The topological polar surface area (TPSA) is 6.48 Å². The summed E-state index contributed by atoms with van der Waals surface area (Å²) in [6, 6.07) is 48.5. The monoisotopic (exact) mass is 629 g/mol. The molecule has 6 heteroatoms. The average Bonchev–Trinajstić information content (AvgIpc) is 3.09. The van der Waals surface area contributed by atoms with Gasteiger partial charge in [0.05, 0.1) is 18.0 Å². The molecule has 0 bridgehead atoms. The molecule has 0 amide bonds. The van der Waals surface area contributed by atoms with Gasteiger partial charge < -0.3 is 9.80 Å². The number of para-hydroxylation sites is 4. The Morgan fingerprint density at radius 2 is 0.844 bits per heavy atom. The van der Waals surface area contributed by atoms with E-state index >= 15 is 0 Å². The van der Waals surface area contributed by atoms with Gasteiger partial charge in [0.1, 0.15) is 34.8 Å². The van der Waals surface area contributed by atoms with Gasteiger partial charge in [0.2, 0.25) is 0 Å². The summed E-state index contributed by atoms with van der Waals surface area (Å²) in [7, 11) is 0.858. The molecule has 0 aromatic heterocycles. The van der Waals surface area contributed by atoms with Crippen molar-refractivity contribution in [3.8, 4) is 0 Å². The van der Waals surface area contributed by atoms with Crippen LogP contribution in [0.3, 0.4) is 0 Å². The molecule has 6 aromatic carbocycles. The quantitative estimate of drug-likeness (QED) is 0.183. The predicted octanol–water partition coefficient (Wildman–Crippen LogP) is 7.50. The van der Waals surface area contributed by atoms with E-state index in [1.165, 1.54) is 21.2 Å². The smallest absolute Gasteiger partial charge is 0.128 e. The lowest BCUT2D eigenvalue weighted by atomic mass is 10.2. The second-order valence-corrected chi connectivity index (χ2v) is 17.0. The van der Waals surface area contributed by atoms with E-state index in [0.29, 0.717) is 0 Å². The van der Waals surface area contributed by atoms with Crippen molar-refractivity contribution in [3.63, 3.8) is 0 Å². The third kappa shape index (κ3) is 5.03. The van der Waals surface area contributed by atoms with Crippen molar-refractivity contribution in [2.24, 2.45) is 0 Å². The first-order chi connectivity index (χ1) is 21.9. The maximum Gasteiger partial charge on any atom is 0.128 e. The van der Waals surface area contributed by atoms with Gasteiger partial charge in [0, 0.05) is 36.1 Å². The highest BCUT2D eigenvalue weighted by atomic mass is 31.2. The Balaban J connectivity index is 1.62. The largest absolute Gasteiger partial charge is 0.341 e. The van der Waals surface area contributed by atoms with E-state index in [4.69, 9.17) is 0 Å². The zero-order valence-electron chi connectivity index (χ0n) is 25.4. The number of benzene rings is 6. The Hall–Kier alpha value is -4.36. The minimum Gasteiger partial charge on any atom is -0.341 e. The molecular weight excluding hydrogens is 596 g/mol. The second kappa shape index (κ2) is 11.9. The number of rotatable bonds is 2. The van der Waals surface area contributed by atoms with Crippen LogP contribution in [0.15, 0.2) is 146 Å². The fourth-order valence-corrected chi connectivity index (χ4v) is 12.9. The van der Waals surface area contributed by atoms with Crippen molar-refractivity contribution in [2.75, 3.05) is 30.6 Å². The van der Waals surface area contributed by atoms with Crippen LogP contribution < -0.4 is 41.6 Å². The van der Waals surface area contributed by atoms with Crippen LogP contribution in [-0.2, 0) is 0 Å². The van der Waals surface area contributed by atoms with Crippen LogP contribution >= 0.6 is 15.2 Å². The highest BCUT2D eigenvalue weighted by Gasteiger charge is 2.45. The summed E-state index contributed by atoms with van der Waals surface area (Å²) in [5.74, 6) is -0.488. The van der Waals surface area contributed by atoms with Crippen LogP contribution in [0, 0.1) is 11.6 Å². The van der Waals surface area contributed by atoms with Gasteiger partial charge in [-0.3, -0.25) is 0 Å². The maximum absolute atomic E-state index is 14.4. The molecule has 1 aliphatic rings. The first kappa shape index (κ1) is 29.4. The number of fused-ring (bicyclic) bond motifs is 4. The van der Waals surface area contributed by atoms with Gasteiger partial charge in [-0.1, -0.05) is 72.8 Å². The van der Waals surface area contributed by atoms with Crippen LogP contribution in [0.1, 0.15) is 0 Å². The minimum atomic E-state index is -2.33. The Kier molecular flexibility index (Phi) is 7.74. The summed E-state index contributed by atoms with van der Waals surface area (Å²) in [5, 5.41) is 7.00. The fraction of sp³-hybridized carbons (Fsp3) is 0.0769. The fourth-order valence-electron chi connectivity index (χ4n) is 6.53. The molecule has 0 fully saturated rings. The molecule has 0 aliphatic carbocycles. The maximum atomic E-state index is 14.4. The lowest BCUT2D eigenvalue weighted by molar-refractivity contribution is 0.628. The van der Waals surface area contributed by atoms with Crippen molar-refractivity contribution in [1.82, 2.24) is 0 Å². The number of hydrogen-bond donors (Lipinski definition) is 0. The molecule has 1 aliphatic heterocycles. The van der Waals surface area contributed by atoms with E-state index in [0.717, 1.165) is 33.4 Å². The number of halogens is 2. The Labute approximate surface area is 265 Å². The van der Waals surface area contributed by atoms with E-state index in [9.17, 15) is 8.78 Å². The lowest BCUT2D eigenvalue weighted by Crippen LogP contribution is -2.37. The third-order valence-electron chi connectivity index (χ3n) is 8.85. The standard InChI is InChI=1S/C39H33F2N2P2/c1-42-32-12-4-8-16-36(32)44(30-24-20-28(40)21-25-30)37-17-9-5-13-33(37)43(2)35-15-7-11-19-39(35)45(3,31-26-22-29(41)23-27-31)38-18-10-6-14-34(38)42/h4-27H,1-3H3/q+1. The number of hydrogen-bond acceptors (Lipinski definition) is 2. The first-order valence-electron chi connectivity index (χ1n) is 14.9. The van der Waals surface area contributed by atoms with Crippen molar-refractivity contribution in [3.05, 3.63) is 157 Å². The second-order valence-electron chi connectivity index (χ2n) is 11.4. The molecule has 0 N–H and O–H groups in total. The SMILES string of the molecule is CN1c2ccccc2P(c2ccc(F)cc2)c2ccccc2N(C)c2ccccc2[P+](C)(c2ccc(F)cc2)c2ccccc21. The molecule has 2 nitrogen and oxygen atoms in total. The molecule has 0 saturated heterocycles. The molecule has 222 valence electrons. The molecular formula is C39H33F2N2P2+. The third-order valence-corrected chi connectivity index (χ3v) is 15.4. The van der Waals surface area contributed by atoms with Gasteiger partial charge in [0.15, 0.2) is 0 Å². The highest BCUT2D eigenvalue weighted by Crippen LogP contribution is 2.56. The lowest BCUT2D eigenvalue weighted by Gasteiger charge is -2.35. The molecule has 7 rings (SSSR count). The molecule has 0 saturated carbocycles. The van der Waals surface area contributed by atoms with Gasteiger partial charge in [0.25, 0.3) is 0 Å². The van der Waals surface area contributed by atoms with Crippen molar-refractivity contribution in [2.45, 2.75) is 0 Å². The van der Waals surface area contributed by atoms with E-state index in [2.05, 4.69) is 128 Å². The highest BCUT2D eigenvalue weighted by molar-refractivity contribution is 7.95. The van der Waals surface area contributed by atoms with Crippen LogP contribution in [0.5, 0.6) is 0 Å². The van der Waals surface area contributed by atoms with Gasteiger partial charge in [-0.25, -0.2) is 8.78 Å². The molecule has 45 heavy (non-hydrogen) atoms. The Bertz CT molecular complexity index is 1900. The van der Waals surface area contributed by atoms with Gasteiger partial charge in [-0.15, -0.1) is 0 Å². The first-order valence-corrected chi connectivity index (χ1v) is 18.5. The summed E-state index contributed by atoms with van der Waals surface area (Å²) < 4.78 is 28.6. The minimum absolute atomic E-state index is 0.243. The zero-order valence-corrected chi connectivity index (χ0v) is 27.2. The normalized spacial score (nSPS) is 17.7. The Morgan fingerprint density at radius 1 is 0.467 bits per heavy atom. The van der Waals surface area contributed by atoms with Crippen LogP contribution in [0.25, 0.3) is 0 Å². The molecule has 0 atom stereocenters. The molecule has 0 radical (unpaired) electrons. The summed E-state index contributed by atoms with van der Waals surface area (Å²) in [6.45, 7) is 2.36. The summed E-state index contributed by atoms with van der Waals surface area (Å²) >= 11 is 0. The molecule has 0 spiro atoms.